The Kier molecular flexibility index (Phi) is 3.69. The number of pyridine rings is 1. The van der Waals surface area contributed by atoms with Crippen LogP contribution >= 0.6 is 0 Å². The molecule has 0 atom stereocenters. The van der Waals surface area contributed by atoms with E-state index in [0.29, 0.717) is 5.69 Å². The van der Waals surface area contributed by atoms with Crippen LogP contribution in [0.2, 0.25) is 0 Å². The molecule has 2 aromatic rings. The van der Waals surface area contributed by atoms with Gasteiger partial charge >= 0.3 is 5.69 Å². The van der Waals surface area contributed by atoms with Crippen LogP contribution in [0, 0.1) is 15.9 Å². The van der Waals surface area contributed by atoms with Gasteiger partial charge in [0.1, 0.15) is 0 Å². The fourth-order valence-electron chi connectivity index (χ4n) is 1.65. The van der Waals surface area contributed by atoms with E-state index in [1.165, 1.54) is 24.2 Å². The molecule has 1 heterocycles. The third kappa shape index (κ3) is 2.61. The molecule has 7 heteroatoms. The molecule has 20 heavy (non-hydrogen) atoms. The number of benzene rings is 1. The number of aromatic nitrogens is 1. The fourth-order valence-corrected chi connectivity index (χ4v) is 1.65. The van der Waals surface area contributed by atoms with E-state index >= 15 is 0 Å². The molecule has 1 aromatic heterocycles. The summed E-state index contributed by atoms with van der Waals surface area (Å²) in [5, 5.41) is 10.7. The van der Waals surface area contributed by atoms with E-state index in [-0.39, 0.29) is 5.56 Å². The Hall–Kier alpha value is -2.83. The molecular formula is C13H10FN3O3. The smallest absolute Gasteiger partial charge is 0.305 e. The van der Waals surface area contributed by atoms with E-state index in [2.05, 4.69) is 4.98 Å². The molecule has 0 aliphatic rings. The van der Waals surface area contributed by atoms with E-state index in [1.54, 1.807) is 18.3 Å². The second kappa shape index (κ2) is 5.43. The van der Waals surface area contributed by atoms with Gasteiger partial charge in [0, 0.05) is 24.9 Å². The SMILES string of the molecule is CN(C(=O)c1ccc(F)c([N+](=O)[O-])c1)c1cccnc1. The predicted octanol–water partition coefficient (Wildman–Crippen LogP) is 2.41. The van der Waals surface area contributed by atoms with E-state index in [1.807, 2.05) is 0 Å². The summed E-state index contributed by atoms with van der Waals surface area (Å²) in [4.78, 5) is 27.1. The molecule has 0 bridgehead atoms. The summed E-state index contributed by atoms with van der Waals surface area (Å²) >= 11 is 0. The first-order valence-electron chi connectivity index (χ1n) is 5.62. The standard InChI is InChI=1S/C13H10FN3O3/c1-16(10-3-2-6-15-8-10)13(18)9-4-5-11(14)12(7-9)17(19)20/h2-8H,1H3. The highest BCUT2D eigenvalue weighted by molar-refractivity contribution is 6.05. The zero-order valence-electron chi connectivity index (χ0n) is 10.5. The largest absolute Gasteiger partial charge is 0.310 e. The molecular weight excluding hydrogens is 265 g/mol. The second-order valence-corrected chi connectivity index (χ2v) is 4.00. The minimum atomic E-state index is -0.976. The summed E-state index contributed by atoms with van der Waals surface area (Å²) < 4.78 is 13.2. The number of nitro benzene ring substituents is 1. The monoisotopic (exact) mass is 275 g/mol. The van der Waals surface area contributed by atoms with Gasteiger partial charge in [0.05, 0.1) is 16.8 Å². The van der Waals surface area contributed by atoms with Crippen LogP contribution in [0.1, 0.15) is 10.4 Å². The van der Waals surface area contributed by atoms with Crippen LogP contribution in [0.4, 0.5) is 15.8 Å². The summed E-state index contributed by atoms with van der Waals surface area (Å²) in [6, 6.07) is 6.36. The lowest BCUT2D eigenvalue weighted by molar-refractivity contribution is -0.387. The second-order valence-electron chi connectivity index (χ2n) is 4.00. The molecule has 1 aromatic carbocycles. The van der Waals surface area contributed by atoms with Crippen molar-refractivity contribution >= 4 is 17.3 Å². The molecule has 0 aliphatic carbocycles. The van der Waals surface area contributed by atoms with Gasteiger partial charge in [-0.05, 0) is 24.3 Å². The Bertz CT molecular complexity index is 661. The molecule has 0 saturated carbocycles. The summed E-state index contributed by atoms with van der Waals surface area (Å²) in [6.45, 7) is 0. The highest BCUT2D eigenvalue weighted by atomic mass is 19.1. The van der Waals surface area contributed by atoms with Gasteiger partial charge in [-0.25, -0.2) is 0 Å². The average molecular weight is 275 g/mol. The number of hydrogen-bond acceptors (Lipinski definition) is 4. The predicted molar refractivity (Wildman–Crippen MR) is 70.0 cm³/mol. The highest BCUT2D eigenvalue weighted by Crippen LogP contribution is 2.21. The van der Waals surface area contributed by atoms with Crippen LogP contribution in [0.25, 0.3) is 0 Å². The molecule has 2 rings (SSSR count). The Morgan fingerprint density at radius 1 is 1.40 bits per heavy atom. The fraction of sp³-hybridized carbons (Fsp3) is 0.0769. The summed E-state index contributed by atoms with van der Waals surface area (Å²) in [6.07, 6.45) is 3.04. The third-order valence-electron chi connectivity index (χ3n) is 2.73. The quantitative estimate of drug-likeness (QED) is 0.636. The summed E-state index contributed by atoms with van der Waals surface area (Å²) in [5.41, 5.74) is -0.163. The van der Waals surface area contributed by atoms with Gasteiger partial charge in [-0.3, -0.25) is 19.9 Å². The zero-order chi connectivity index (χ0) is 14.7. The van der Waals surface area contributed by atoms with Crippen LogP contribution in [0.3, 0.4) is 0 Å². The van der Waals surface area contributed by atoms with Crippen molar-refractivity contribution in [1.29, 1.82) is 0 Å². The number of nitro groups is 1. The van der Waals surface area contributed by atoms with Crippen molar-refractivity contribution in [2.24, 2.45) is 0 Å². The minimum Gasteiger partial charge on any atom is -0.310 e. The normalized spacial score (nSPS) is 10.1. The van der Waals surface area contributed by atoms with Gasteiger partial charge in [0.25, 0.3) is 5.91 Å². The number of carbonyl (C=O) groups is 1. The van der Waals surface area contributed by atoms with E-state index in [0.717, 1.165) is 12.1 Å². The molecule has 0 fully saturated rings. The van der Waals surface area contributed by atoms with Crippen LogP contribution in [-0.4, -0.2) is 22.9 Å². The molecule has 1 amide bonds. The lowest BCUT2D eigenvalue weighted by Crippen LogP contribution is -2.26. The Labute approximate surface area is 113 Å². The van der Waals surface area contributed by atoms with Gasteiger partial charge in [-0.15, -0.1) is 0 Å². The molecule has 6 nitrogen and oxygen atoms in total. The van der Waals surface area contributed by atoms with Gasteiger partial charge in [0.15, 0.2) is 0 Å². The molecule has 102 valence electrons. The Morgan fingerprint density at radius 2 is 2.15 bits per heavy atom. The average Bonchev–Trinajstić information content (AvgIpc) is 2.47. The van der Waals surface area contributed by atoms with Crippen molar-refractivity contribution in [3.63, 3.8) is 0 Å². The van der Waals surface area contributed by atoms with Gasteiger partial charge in [-0.1, -0.05) is 0 Å². The molecule has 0 saturated heterocycles. The molecule has 0 N–H and O–H groups in total. The van der Waals surface area contributed by atoms with Crippen molar-refractivity contribution in [3.05, 3.63) is 64.2 Å². The number of amides is 1. The maximum Gasteiger partial charge on any atom is 0.305 e. The number of carbonyl (C=O) groups excluding carboxylic acids is 1. The minimum absolute atomic E-state index is 0.0319. The Balaban J connectivity index is 2.34. The molecule has 0 spiro atoms. The van der Waals surface area contributed by atoms with Gasteiger partial charge in [-0.2, -0.15) is 4.39 Å². The van der Waals surface area contributed by atoms with Crippen molar-refractivity contribution in [1.82, 2.24) is 4.98 Å². The summed E-state index contributed by atoms with van der Waals surface area (Å²) in [5.74, 6) is -1.46. The van der Waals surface area contributed by atoms with E-state index in [4.69, 9.17) is 0 Å². The maximum absolute atomic E-state index is 13.2. The molecule has 0 aliphatic heterocycles. The number of hydrogen-bond donors (Lipinski definition) is 0. The number of anilines is 1. The van der Waals surface area contributed by atoms with Crippen molar-refractivity contribution in [2.75, 3.05) is 11.9 Å². The van der Waals surface area contributed by atoms with Gasteiger partial charge in [0.2, 0.25) is 5.82 Å². The van der Waals surface area contributed by atoms with Crippen molar-refractivity contribution in [3.8, 4) is 0 Å². The third-order valence-corrected chi connectivity index (χ3v) is 2.73. The lowest BCUT2D eigenvalue weighted by atomic mass is 10.1. The summed E-state index contributed by atoms with van der Waals surface area (Å²) in [7, 11) is 1.51. The highest BCUT2D eigenvalue weighted by Gasteiger charge is 2.20. The molecule has 0 radical (unpaired) electrons. The lowest BCUT2D eigenvalue weighted by Gasteiger charge is -2.16. The maximum atomic E-state index is 13.2. The van der Waals surface area contributed by atoms with E-state index in [9.17, 15) is 19.3 Å². The molecule has 0 unspecified atom stereocenters. The number of nitrogens with zero attached hydrogens (tertiary/aromatic N) is 3. The van der Waals surface area contributed by atoms with Crippen LogP contribution < -0.4 is 4.90 Å². The zero-order valence-corrected chi connectivity index (χ0v) is 10.5. The Morgan fingerprint density at radius 3 is 2.75 bits per heavy atom. The number of halogens is 1. The first-order valence-corrected chi connectivity index (χ1v) is 5.62. The van der Waals surface area contributed by atoms with Crippen LogP contribution in [-0.2, 0) is 0 Å². The number of rotatable bonds is 3. The van der Waals surface area contributed by atoms with E-state index < -0.39 is 22.3 Å². The topological polar surface area (TPSA) is 76.3 Å². The van der Waals surface area contributed by atoms with Crippen molar-refractivity contribution in [2.45, 2.75) is 0 Å². The van der Waals surface area contributed by atoms with Gasteiger partial charge < -0.3 is 4.90 Å². The van der Waals surface area contributed by atoms with Crippen LogP contribution in [0.5, 0.6) is 0 Å². The first-order chi connectivity index (χ1) is 9.50. The van der Waals surface area contributed by atoms with Crippen molar-refractivity contribution < 1.29 is 14.1 Å². The van der Waals surface area contributed by atoms with Crippen LogP contribution in [0.15, 0.2) is 42.7 Å². The first kappa shape index (κ1) is 13.6.